The van der Waals surface area contributed by atoms with Crippen molar-refractivity contribution in [1.29, 1.82) is 0 Å². The number of carbonyl (C=O) groups excluding carboxylic acids is 1. The lowest BCUT2D eigenvalue weighted by molar-refractivity contribution is -0.142. The first-order valence-corrected chi connectivity index (χ1v) is 7.10. The minimum absolute atomic E-state index is 0.106. The Labute approximate surface area is 126 Å². The molecule has 1 unspecified atom stereocenters. The number of nitrogens with one attached hydrogen (secondary N) is 1. The molecule has 110 valence electrons. The maximum Gasteiger partial charge on any atom is 0.308 e. The molecule has 0 aliphatic carbocycles. The molecule has 0 radical (unpaired) electrons. The summed E-state index contributed by atoms with van der Waals surface area (Å²) in [6.45, 7) is 6.03. The Morgan fingerprint density at radius 1 is 1.40 bits per heavy atom. The highest BCUT2D eigenvalue weighted by molar-refractivity contribution is 9.10. The van der Waals surface area contributed by atoms with Gasteiger partial charge in [0.15, 0.2) is 0 Å². The number of nitrogens with zero attached hydrogens (tertiary/aromatic N) is 1. The van der Waals surface area contributed by atoms with E-state index in [1.54, 1.807) is 12.3 Å². The van der Waals surface area contributed by atoms with Crippen LogP contribution in [0.25, 0.3) is 0 Å². The Balaban J connectivity index is 2.64. The SMILES string of the molecule is CC(C)(C)CC(CNC(=O)c1cncc(Br)c1)C(=O)O. The Kier molecular flexibility index (Phi) is 5.68. The van der Waals surface area contributed by atoms with Crippen LogP contribution in [-0.2, 0) is 4.79 Å². The normalized spacial score (nSPS) is 12.8. The third-order valence-corrected chi connectivity index (χ3v) is 3.12. The van der Waals surface area contributed by atoms with Crippen molar-refractivity contribution >= 4 is 27.8 Å². The molecule has 0 bridgehead atoms. The zero-order valence-corrected chi connectivity index (χ0v) is 13.4. The Hall–Kier alpha value is -1.43. The molecule has 1 heterocycles. The van der Waals surface area contributed by atoms with Crippen molar-refractivity contribution in [2.24, 2.45) is 11.3 Å². The lowest BCUT2D eigenvalue weighted by atomic mass is 9.84. The molecule has 5 nitrogen and oxygen atoms in total. The first-order chi connectivity index (χ1) is 9.19. The summed E-state index contributed by atoms with van der Waals surface area (Å²) in [6.07, 6.45) is 3.52. The number of amides is 1. The summed E-state index contributed by atoms with van der Waals surface area (Å²) < 4.78 is 0.703. The lowest BCUT2D eigenvalue weighted by Gasteiger charge is -2.23. The van der Waals surface area contributed by atoms with E-state index in [0.717, 1.165) is 0 Å². The number of carboxylic acids is 1. The Morgan fingerprint density at radius 2 is 2.05 bits per heavy atom. The molecule has 0 aliphatic heterocycles. The lowest BCUT2D eigenvalue weighted by Crippen LogP contribution is -2.35. The predicted octanol–water partition coefficient (Wildman–Crippen LogP) is 2.71. The predicted molar refractivity (Wildman–Crippen MR) is 79.5 cm³/mol. The number of hydrogen-bond donors (Lipinski definition) is 2. The van der Waals surface area contributed by atoms with E-state index in [1.807, 2.05) is 20.8 Å². The van der Waals surface area contributed by atoms with Crippen molar-refractivity contribution in [1.82, 2.24) is 10.3 Å². The van der Waals surface area contributed by atoms with Gasteiger partial charge < -0.3 is 10.4 Å². The van der Waals surface area contributed by atoms with Crippen LogP contribution in [0.1, 0.15) is 37.6 Å². The number of pyridine rings is 1. The summed E-state index contributed by atoms with van der Waals surface area (Å²) in [6, 6.07) is 1.64. The van der Waals surface area contributed by atoms with Crippen LogP contribution in [-0.4, -0.2) is 28.5 Å². The molecular weight excluding hydrogens is 324 g/mol. The molecule has 0 aromatic carbocycles. The summed E-state index contributed by atoms with van der Waals surface area (Å²) >= 11 is 3.24. The van der Waals surface area contributed by atoms with Gasteiger partial charge in [-0.3, -0.25) is 14.6 Å². The third kappa shape index (κ3) is 5.69. The van der Waals surface area contributed by atoms with E-state index < -0.39 is 11.9 Å². The standard InChI is InChI=1S/C14H19BrN2O3/c1-14(2,3)5-10(13(19)20)7-17-12(18)9-4-11(15)8-16-6-9/h4,6,8,10H,5,7H2,1-3H3,(H,17,18)(H,19,20). The molecule has 6 heteroatoms. The molecule has 20 heavy (non-hydrogen) atoms. The van der Waals surface area contributed by atoms with Gasteiger partial charge >= 0.3 is 5.97 Å². The summed E-state index contributed by atoms with van der Waals surface area (Å²) in [5.41, 5.74) is 0.296. The minimum atomic E-state index is -0.896. The van der Waals surface area contributed by atoms with E-state index in [4.69, 9.17) is 0 Å². The van der Waals surface area contributed by atoms with Crippen LogP contribution in [0.15, 0.2) is 22.9 Å². The zero-order chi connectivity index (χ0) is 15.3. The number of aromatic nitrogens is 1. The number of carbonyl (C=O) groups is 2. The van der Waals surface area contributed by atoms with Gasteiger partial charge in [0, 0.05) is 23.4 Å². The van der Waals surface area contributed by atoms with Crippen LogP contribution in [0.4, 0.5) is 0 Å². The number of carboxylic acid groups (broad SMARTS) is 1. The Morgan fingerprint density at radius 3 is 2.55 bits per heavy atom. The molecule has 0 saturated carbocycles. The van der Waals surface area contributed by atoms with Crippen LogP contribution in [0, 0.1) is 11.3 Å². The van der Waals surface area contributed by atoms with Crippen molar-refractivity contribution in [3.05, 3.63) is 28.5 Å². The second kappa shape index (κ2) is 6.83. The molecule has 2 N–H and O–H groups in total. The summed E-state index contributed by atoms with van der Waals surface area (Å²) in [4.78, 5) is 27.0. The van der Waals surface area contributed by atoms with Gasteiger partial charge in [0.05, 0.1) is 11.5 Å². The fourth-order valence-corrected chi connectivity index (χ4v) is 2.20. The topological polar surface area (TPSA) is 79.3 Å². The second-order valence-corrected chi connectivity index (χ2v) is 6.82. The van der Waals surface area contributed by atoms with Crippen LogP contribution in [0.3, 0.4) is 0 Å². The Bertz CT molecular complexity index is 497. The van der Waals surface area contributed by atoms with Crippen molar-refractivity contribution in [3.63, 3.8) is 0 Å². The van der Waals surface area contributed by atoms with Crippen molar-refractivity contribution in [2.45, 2.75) is 27.2 Å². The smallest absolute Gasteiger partial charge is 0.308 e. The molecule has 1 atom stereocenters. The summed E-state index contributed by atoms with van der Waals surface area (Å²) in [5, 5.41) is 11.8. The summed E-state index contributed by atoms with van der Waals surface area (Å²) in [5.74, 6) is -1.81. The molecule has 1 rings (SSSR count). The van der Waals surface area contributed by atoms with E-state index in [0.29, 0.717) is 16.5 Å². The number of rotatable bonds is 5. The zero-order valence-electron chi connectivity index (χ0n) is 11.8. The molecule has 0 aliphatic rings. The molecule has 0 saturated heterocycles. The first-order valence-electron chi connectivity index (χ1n) is 6.30. The van der Waals surface area contributed by atoms with Gasteiger partial charge in [-0.2, -0.15) is 0 Å². The van der Waals surface area contributed by atoms with Gasteiger partial charge in [0.1, 0.15) is 0 Å². The van der Waals surface area contributed by atoms with Gasteiger partial charge in [0.25, 0.3) is 5.91 Å². The van der Waals surface area contributed by atoms with E-state index in [2.05, 4.69) is 26.2 Å². The quantitative estimate of drug-likeness (QED) is 0.862. The van der Waals surface area contributed by atoms with Gasteiger partial charge in [-0.25, -0.2) is 0 Å². The van der Waals surface area contributed by atoms with Gasteiger partial charge in [0.2, 0.25) is 0 Å². The van der Waals surface area contributed by atoms with Crippen molar-refractivity contribution in [2.75, 3.05) is 6.54 Å². The number of halogens is 1. The first kappa shape index (κ1) is 16.6. The number of aliphatic carboxylic acids is 1. The van der Waals surface area contributed by atoms with E-state index in [-0.39, 0.29) is 17.9 Å². The molecular formula is C14H19BrN2O3. The van der Waals surface area contributed by atoms with Crippen LogP contribution >= 0.6 is 15.9 Å². The van der Waals surface area contributed by atoms with Gasteiger partial charge in [-0.15, -0.1) is 0 Å². The maximum atomic E-state index is 11.9. The highest BCUT2D eigenvalue weighted by Gasteiger charge is 2.25. The molecule has 1 aromatic heterocycles. The van der Waals surface area contributed by atoms with E-state index >= 15 is 0 Å². The fourth-order valence-electron chi connectivity index (χ4n) is 1.84. The van der Waals surface area contributed by atoms with Crippen molar-refractivity contribution in [3.8, 4) is 0 Å². The van der Waals surface area contributed by atoms with E-state index in [1.165, 1.54) is 6.20 Å². The third-order valence-electron chi connectivity index (χ3n) is 2.68. The van der Waals surface area contributed by atoms with Crippen LogP contribution in [0.5, 0.6) is 0 Å². The van der Waals surface area contributed by atoms with Crippen molar-refractivity contribution < 1.29 is 14.7 Å². The van der Waals surface area contributed by atoms with E-state index in [9.17, 15) is 14.7 Å². The molecule has 1 amide bonds. The van der Waals surface area contributed by atoms with Gasteiger partial charge in [-0.1, -0.05) is 20.8 Å². The number of hydrogen-bond acceptors (Lipinski definition) is 3. The average Bonchev–Trinajstić information content (AvgIpc) is 2.32. The highest BCUT2D eigenvalue weighted by atomic mass is 79.9. The largest absolute Gasteiger partial charge is 0.481 e. The van der Waals surface area contributed by atoms with Crippen LogP contribution < -0.4 is 5.32 Å². The molecule has 1 aromatic rings. The fraction of sp³-hybridized carbons (Fsp3) is 0.500. The molecule has 0 fully saturated rings. The van der Waals surface area contributed by atoms with Crippen LogP contribution in [0.2, 0.25) is 0 Å². The van der Waals surface area contributed by atoms with Gasteiger partial charge in [-0.05, 0) is 33.8 Å². The molecule has 0 spiro atoms. The highest BCUT2D eigenvalue weighted by Crippen LogP contribution is 2.24. The monoisotopic (exact) mass is 342 g/mol. The second-order valence-electron chi connectivity index (χ2n) is 5.90. The average molecular weight is 343 g/mol. The minimum Gasteiger partial charge on any atom is -0.481 e. The summed E-state index contributed by atoms with van der Waals surface area (Å²) in [7, 11) is 0. The maximum absolute atomic E-state index is 11.9.